The number of nitrogens with two attached hydrogens (primary N) is 1. The van der Waals surface area contributed by atoms with E-state index in [2.05, 4.69) is 15.3 Å². The van der Waals surface area contributed by atoms with Gasteiger partial charge in [0, 0.05) is 34.7 Å². The van der Waals surface area contributed by atoms with Crippen molar-refractivity contribution >= 4 is 27.8 Å². The number of hydrogen-bond acceptors (Lipinski definition) is 5. The molecule has 0 bridgehead atoms. The van der Waals surface area contributed by atoms with Crippen LogP contribution in [0.25, 0.3) is 11.3 Å². The first-order valence-corrected chi connectivity index (χ1v) is 7.09. The van der Waals surface area contributed by atoms with E-state index in [1.165, 1.54) is 0 Å². The van der Waals surface area contributed by atoms with Crippen molar-refractivity contribution in [1.29, 1.82) is 0 Å². The number of aryl methyl sites for hydroxylation is 1. The summed E-state index contributed by atoms with van der Waals surface area (Å²) in [7, 11) is 0. The Hall–Kier alpha value is -2.40. The van der Waals surface area contributed by atoms with Crippen molar-refractivity contribution in [2.45, 2.75) is 6.92 Å². The molecule has 0 fully saturated rings. The van der Waals surface area contributed by atoms with Crippen molar-refractivity contribution in [3.63, 3.8) is 0 Å². The van der Waals surface area contributed by atoms with E-state index in [1.807, 2.05) is 42.6 Å². The maximum absolute atomic E-state index is 5.75. The molecular weight excluding hydrogens is 268 g/mol. The van der Waals surface area contributed by atoms with Crippen LogP contribution < -0.4 is 11.1 Å². The van der Waals surface area contributed by atoms with E-state index in [0.29, 0.717) is 0 Å². The van der Waals surface area contributed by atoms with Crippen molar-refractivity contribution in [2.75, 3.05) is 11.1 Å². The van der Waals surface area contributed by atoms with E-state index < -0.39 is 0 Å². The van der Waals surface area contributed by atoms with Gasteiger partial charge >= 0.3 is 0 Å². The quantitative estimate of drug-likeness (QED) is 0.716. The molecule has 3 rings (SSSR count). The predicted molar refractivity (Wildman–Crippen MR) is 84.2 cm³/mol. The fourth-order valence-corrected chi connectivity index (χ4v) is 2.66. The highest BCUT2D eigenvalue weighted by Crippen LogP contribution is 2.28. The average molecular weight is 282 g/mol. The van der Waals surface area contributed by atoms with Crippen LogP contribution in [0.5, 0.6) is 0 Å². The molecule has 0 spiro atoms. The molecule has 4 nitrogen and oxygen atoms in total. The fraction of sp³-hybridized carbons (Fsp3) is 0.0667. The molecule has 0 unspecified atom stereocenters. The van der Waals surface area contributed by atoms with Gasteiger partial charge in [-0.15, -0.1) is 11.3 Å². The lowest BCUT2D eigenvalue weighted by molar-refractivity contribution is 1.31. The minimum absolute atomic E-state index is 0.768. The van der Waals surface area contributed by atoms with Gasteiger partial charge in [-0.1, -0.05) is 0 Å². The summed E-state index contributed by atoms with van der Waals surface area (Å²) in [6.45, 7) is 2.02. The van der Waals surface area contributed by atoms with Gasteiger partial charge in [-0.05, 0) is 42.8 Å². The Morgan fingerprint density at radius 2 is 1.95 bits per heavy atom. The highest BCUT2D eigenvalue weighted by atomic mass is 32.1. The molecule has 3 N–H and O–H groups in total. The maximum Gasteiger partial charge on any atom is 0.187 e. The van der Waals surface area contributed by atoms with Crippen LogP contribution in [0.2, 0.25) is 0 Å². The summed E-state index contributed by atoms with van der Waals surface area (Å²) in [6.07, 6.45) is 3.54. The summed E-state index contributed by atoms with van der Waals surface area (Å²) in [5.41, 5.74) is 10.7. The Balaban J connectivity index is 1.84. The second kappa shape index (κ2) is 5.30. The van der Waals surface area contributed by atoms with Crippen molar-refractivity contribution < 1.29 is 0 Å². The lowest BCUT2D eigenvalue weighted by atomic mass is 10.2. The number of benzene rings is 1. The zero-order chi connectivity index (χ0) is 13.9. The zero-order valence-electron chi connectivity index (χ0n) is 11.0. The van der Waals surface area contributed by atoms with E-state index >= 15 is 0 Å². The minimum Gasteiger partial charge on any atom is -0.399 e. The lowest BCUT2D eigenvalue weighted by Crippen LogP contribution is -1.94. The third-order valence-corrected chi connectivity index (χ3v) is 3.73. The molecule has 0 atom stereocenters. The molecule has 100 valence electrons. The van der Waals surface area contributed by atoms with E-state index in [-0.39, 0.29) is 0 Å². The number of nitrogens with one attached hydrogen (secondary N) is 1. The molecule has 0 aliphatic rings. The van der Waals surface area contributed by atoms with Gasteiger partial charge in [-0.25, -0.2) is 4.98 Å². The first-order valence-electron chi connectivity index (χ1n) is 6.21. The predicted octanol–water partition coefficient (Wildman–Crippen LogP) is 3.84. The monoisotopic (exact) mass is 282 g/mol. The van der Waals surface area contributed by atoms with E-state index in [0.717, 1.165) is 33.3 Å². The molecule has 0 saturated carbocycles. The molecule has 0 aliphatic carbocycles. The minimum atomic E-state index is 0.768. The smallest absolute Gasteiger partial charge is 0.187 e. The number of thiazole rings is 1. The fourth-order valence-electron chi connectivity index (χ4n) is 1.93. The number of rotatable bonds is 3. The second-order valence-electron chi connectivity index (χ2n) is 4.47. The van der Waals surface area contributed by atoms with Crippen molar-refractivity contribution in [3.8, 4) is 11.3 Å². The van der Waals surface area contributed by atoms with Crippen LogP contribution >= 0.6 is 11.3 Å². The molecular formula is C15H14N4S. The molecule has 0 radical (unpaired) electrons. The van der Waals surface area contributed by atoms with Crippen LogP contribution in [0.1, 0.15) is 5.56 Å². The molecule has 0 aliphatic heterocycles. The Morgan fingerprint density at radius 3 is 2.70 bits per heavy atom. The summed E-state index contributed by atoms with van der Waals surface area (Å²) in [5.74, 6) is 0. The Kier molecular flexibility index (Phi) is 3.35. The number of nitrogens with zero attached hydrogens (tertiary/aromatic N) is 2. The standard InChI is InChI=1S/C15H14N4S/c1-10-8-12(16)2-3-13(10)18-15-19-14(9-20-15)11-4-6-17-7-5-11/h2-9H,16H2,1H3,(H,18,19). The van der Waals surface area contributed by atoms with E-state index in [4.69, 9.17) is 5.73 Å². The lowest BCUT2D eigenvalue weighted by Gasteiger charge is -2.07. The number of anilines is 3. The van der Waals surface area contributed by atoms with Crippen LogP contribution in [0.15, 0.2) is 48.1 Å². The highest BCUT2D eigenvalue weighted by molar-refractivity contribution is 7.14. The van der Waals surface area contributed by atoms with Gasteiger partial charge in [0.2, 0.25) is 0 Å². The number of nitrogen functional groups attached to an aromatic ring is 1. The van der Waals surface area contributed by atoms with E-state index in [1.54, 1.807) is 23.7 Å². The Bertz CT molecular complexity index is 722. The summed E-state index contributed by atoms with van der Waals surface area (Å²) >= 11 is 1.58. The molecule has 20 heavy (non-hydrogen) atoms. The SMILES string of the molecule is Cc1cc(N)ccc1Nc1nc(-c2ccncc2)cs1. The van der Waals surface area contributed by atoms with Gasteiger partial charge in [0.1, 0.15) is 0 Å². The summed E-state index contributed by atoms with van der Waals surface area (Å²) < 4.78 is 0. The third kappa shape index (κ3) is 2.62. The molecule has 2 aromatic heterocycles. The molecule has 0 saturated heterocycles. The molecule has 1 aromatic carbocycles. The Labute approximate surface area is 121 Å². The number of aromatic nitrogens is 2. The van der Waals surface area contributed by atoms with E-state index in [9.17, 15) is 0 Å². The van der Waals surface area contributed by atoms with Crippen LogP contribution in [0, 0.1) is 6.92 Å². The number of hydrogen-bond donors (Lipinski definition) is 2. The van der Waals surface area contributed by atoms with Gasteiger partial charge in [-0.3, -0.25) is 4.98 Å². The summed E-state index contributed by atoms with van der Waals surface area (Å²) in [4.78, 5) is 8.60. The van der Waals surface area contributed by atoms with Crippen molar-refractivity contribution in [1.82, 2.24) is 9.97 Å². The zero-order valence-corrected chi connectivity index (χ0v) is 11.8. The Morgan fingerprint density at radius 1 is 1.15 bits per heavy atom. The van der Waals surface area contributed by atoms with Gasteiger partial charge < -0.3 is 11.1 Å². The third-order valence-electron chi connectivity index (χ3n) is 2.97. The van der Waals surface area contributed by atoms with Gasteiger partial charge in [0.05, 0.1) is 5.69 Å². The second-order valence-corrected chi connectivity index (χ2v) is 5.33. The first kappa shape index (κ1) is 12.6. The van der Waals surface area contributed by atoms with Gasteiger partial charge in [0.15, 0.2) is 5.13 Å². The molecule has 2 heterocycles. The summed E-state index contributed by atoms with van der Waals surface area (Å²) in [5, 5.41) is 6.22. The van der Waals surface area contributed by atoms with Crippen LogP contribution in [0.4, 0.5) is 16.5 Å². The molecule has 0 amide bonds. The highest BCUT2D eigenvalue weighted by Gasteiger charge is 2.06. The van der Waals surface area contributed by atoms with Crippen molar-refractivity contribution in [2.24, 2.45) is 0 Å². The van der Waals surface area contributed by atoms with Crippen LogP contribution in [-0.2, 0) is 0 Å². The topological polar surface area (TPSA) is 63.8 Å². The van der Waals surface area contributed by atoms with Gasteiger partial charge in [0.25, 0.3) is 0 Å². The molecule has 3 aromatic rings. The number of pyridine rings is 1. The van der Waals surface area contributed by atoms with Crippen LogP contribution in [-0.4, -0.2) is 9.97 Å². The molecule has 5 heteroatoms. The van der Waals surface area contributed by atoms with Crippen LogP contribution in [0.3, 0.4) is 0 Å². The van der Waals surface area contributed by atoms with Crippen molar-refractivity contribution in [3.05, 3.63) is 53.7 Å². The maximum atomic E-state index is 5.75. The largest absolute Gasteiger partial charge is 0.399 e. The average Bonchev–Trinajstić information content (AvgIpc) is 2.92. The summed E-state index contributed by atoms with van der Waals surface area (Å²) in [6, 6.07) is 9.70. The first-order chi connectivity index (χ1) is 9.72. The normalized spacial score (nSPS) is 10.4. The van der Waals surface area contributed by atoms with Gasteiger partial charge in [-0.2, -0.15) is 0 Å².